The fraction of sp³-hybridized carbons (Fsp3) is 0.0444. The van der Waals surface area contributed by atoms with E-state index >= 15 is 0 Å². The molecule has 0 aliphatic carbocycles. The largest absolute Gasteiger partial charge is 0.508 e. The highest BCUT2D eigenvalue weighted by molar-refractivity contribution is 6.02. The molecule has 0 saturated carbocycles. The van der Waals surface area contributed by atoms with E-state index in [-0.39, 0.29) is 103 Å². The smallest absolute Gasteiger partial charge is 0.238 e. The second-order valence-corrected chi connectivity index (χ2v) is 13.8. The molecule has 3 heterocycles. The third-order valence-electron chi connectivity index (χ3n) is 9.49. The maximum atomic E-state index is 12.1. The number of carbonyl (C=O) groups excluding carboxylic acids is 1. The first kappa shape index (κ1) is 42.0. The number of phenols is 10. The van der Waals surface area contributed by atoms with Gasteiger partial charge in [-0.05, 0) is 60.2 Å². The molecule has 9 rings (SSSR count). The van der Waals surface area contributed by atoms with Gasteiger partial charge >= 0.3 is 0 Å². The lowest BCUT2D eigenvalue weighted by molar-refractivity contribution is 0.0844. The summed E-state index contributed by atoms with van der Waals surface area (Å²) in [5, 5.41) is 114. The predicted octanol–water partition coefficient (Wildman–Crippen LogP) is 6.78. The SMILES string of the molecule is O=C1C[C@@H](c2ccc(O)cc2)Oc2cc(O)cc(O)c21.O=c1c(O)c(-c2ccc(O)c(O)c2)oc2cc(O)cc(O)c12.O=c1c(O)c(-c2ccc(O)cc2)oc2cc(O)cc(O)c12. The van der Waals surface area contributed by atoms with Gasteiger partial charge in [-0.2, -0.15) is 0 Å². The Bertz CT molecular complexity index is 3210. The number of hydrogen-bond donors (Lipinski definition) is 12. The molecule has 320 valence electrons. The molecule has 1 atom stereocenters. The van der Waals surface area contributed by atoms with E-state index in [0.717, 1.165) is 42.0 Å². The lowest BCUT2D eigenvalue weighted by Gasteiger charge is -2.26. The summed E-state index contributed by atoms with van der Waals surface area (Å²) >= 11 is 0. The summed E-state index contributed by atoms with van der Waals surface area (Å²) in [7, 11) is 0. The first-order chi connectivity index (χ1) is 29.9. The second-order valence-electron chi connectivity index (χ2n) is 13.8. The van der Waals surface area contributed by atoms with E-state index < -0.39 is 45.7 Å². The zero-order valence-electron chi connectivity index (χ0n) is 31.9. The van der Waals surface area contributed by atoms with Crippen molar-refractivity contribution < 1.29 is 79.6 Å². The van der Waals surface area contributed by atoms with Crippen molar-refractivity contribution in [2.24, 2.45) is 0 Å². The molecule has 63 heavy (non-hydrogen) atoms. The van der Waals surface area contributed by atoms with Crippen LogP contribution in [0.3, 0.4) is 0 Å². The number of benzene rings is 6. The average Bonchev–Trinajstić information content (AvgIpc) is 3.22. The number of ketones is 1. The van der Waals surface area contributed by atoms with Crippen LogP contribution < -0.4 is 15.6 Å². The number of hydrogen-bond acceptors (Lipinski definition) is 18. The van der Waals surface area contributed by atoms with Crippen molar-refractivity contribution in [3.05, 3.63) is 135 Å². The number of Topliss-reactive ketones (excluding diaryl/α,β-unsaturated/α-hetero) is 1. The van der Waals surface area contributed by atoms with Crippen LogP contribution in [0.15, 0.2) is 122 Å². The third kappa shape index (κ3) is 8.35. The molecular weight excluding hydrogens is 828 g/mol. The van der Waals surface area contributed by atoms with E-state index in [2.05, 4.69) is 0 Å². The number of carbonyl (C=O) groups is 1. The first-order valence-corrected chi connectivity index (χ1v) is 18.2. The molecule has 0 saturated heterocycles. The second kappa shape index (κ2) is 16.5. The van der Waals surface area contributed by atoms with Gasteiger partial charge in [0.25, 0.3) is 0 Å². The van der Waals surface area contributed by atoms with Crippen LogP contribution in [0.25, 0.3) is 44.6 Å². The molecule has 0 radical (unpaired) electrons. The monoisotopic (exact) mass is 860 g/mol. The van der Waals surface area contributed by atoms with Gasteiger partial charge in [-0.1, -0.05) is 12.1 Å². The molecule has 8 aromatic rings. The number of phenolic OH excluding ortho intramolecular Hbond substituents is 10. The summed E-state index contributed by atoms with van der Waals surface area (Å²) in [5.41, 5.74) is -0.552. The number of aromatic hydroxyl groups is 12. The fourth-order valence-corrected chi connectivity index (χ4v) is 6.52. The minimum atomic E-state index is -0.888. The molecule has 18 nitrogen and oxygen atoms in total. The average molecular weight is 861 g/mol. The first-order valence-electron chi connectivity index (χ1n) is 18.2. The van der Waals surface area contributed by atoms with E-state index in [1.807, 2.05) is 0 Å². The van der Waals surface area contributed by atoms with Gasteiger partial charge in [0.1, 0.15) is 85.4 Å². The minimum absolute atomic E-state index is 0.0247. The van der Waals surface area contributed by atoms with Gasteiger partial charge in [-0.25, -0.2) is 0 Å². The Morgan fingerprint density at radius 2 is 0.889 bits per heavy atom. The minimum Gasteiger partial charge on any atom is -0.508 e. The van der Waals surface area contributed by atoms with Crippen LogP contribution in [0.2, 0.25) is 0 Å². The quantitative estimate of drug-likeness (QED) is 0.0814. The maximum Gasteiger partial charge on any atom is 0.238 e. The molecule has 18 heteroatoms. The van der Waals surface area contributed by atoms with Crippen molar-refractivity contribution in [2.45, 2.75) is 12.5 Å². The Kier molecular flexibility index (Phi) is 11.0. The molecule has 6 aromatic carbocycles. The molecule has 0 bridgehead atoms. The van der Waals surface area contributed by atoms with E-state index in [1.165, 1.54) is 54.6 Å². The molecule has 0 unspecified atom stereocenters. The normalized spacial score (nSPS) is 13.0. The predicted molar refractivity (Wildman–Crippen MR) is 221 cm³/mol. The lowest BCUT2D eigenvalue weighted by Crippen LogP contribution is -2.20. The molecular formula is C45H32O18. The molecule has 0 fully saturated rings. The van der Waals surface area contributed by atoms with Crippen molar-refractivity contribution in [3.63, 3.8) is 0 Å². The van der Waals surface area contributed by atoms with Gasteiger partial charge < -0.3 is 74.8 Å². The van der Waals surface area contributed by atoms with Gasteiger partial charge in [0.15, 0.2) is 28.8 Å². The van der Waals surface area contributed by atoms with Crippen LogP contribution in [-0.2, 0) is 0 Å². The van der Waals surface area contributed by atoms with Crippen molar-refractivity contribution in [2.75, 3.05) is 0 Å². The topological polar surface area (TPSA) is 329 Å². The van der Waals surface area contributed by atoms with E-state index in [9.17, 15) is 75.7 Å². The van der Waals surface area contributed by atoms with Gasteiger partial charge in [-0.3, -0.25) is 14.4 Å². The summed E-state index contributed by atoms with van der Waals surface area (Å²) in [4.78, 5) is 36.4. The van der Waals surface area contributed by atoms with Crippen LogP contribution >= 0.6 is 0 Å². The molecule has 2 aromatic heterocycles. The summed E-state index contributed by atoms with van der Waals surface area (Å²) in [6, 6.07) is 22.2. The molecule has 0 spiro atoms. The standard InChI is InChI=1S/C15H10O7.C15H10O6.C15H12O5/c16-7-4-10(19)12-11(5-7)22-15(14(21)13(12)20)6-1-2-8(17)9(18)3-6;16-8-3-1-7(2-4-8)15-14(20)13(19)12-10(18)5-9(17)6-11(12)21-15;16-9-3-1-8(2-4-9)13-7-12(19)15-11(18)5-10(17)6-14(15)20-13/h1-5,16-19,21H;1-6,16-18,20H;1-6,13,16-18H,7H2/t;;13-/m..0/s1. The lowest BCUT2D eigenvalue weighted by atomic mass is 9.95. The van der Waals surface area contributed by atoms with E-state index in [0.29, 0.717) is 5.56 Å². The number of ether oxygens (including phenoxy) is 1. The highest BCUT2D eigenvalue weighted by Gasteiger charge is 2.31. The highest BCUT2D eigenvalue weighted by atomic mass is 16.5. The Morgan fingerprint density at radius 1 is 0.429 bits per heavy atom. The van der Waals surface area contributed by atoms with Gasteiger partial charge in [0.2, 0.25) is 22.4 Å². The molecule has 1 aliphatic rings. The molecule has 12 N–H and O–H groups in total. The van der Waals surface area contributed by atoms with Gasteiger partial charge in [0.05, 0.1) is 6.42 Å². The number of fused-ring (bicyclic) bond motifs is 3. The van der Waals surface area contributed by atoms with Crippen LogP contribution in [0.4, 0.5) is 0 Å². The Labute approximate surface area is 351 Å². The van der Waals surface area contributed by atoms with Crippen molar-refractivity contribution in [3.8, 4) is 97.4 Å². The summed E-state index contributed by atoms with van der Waals surface area (Å²) in [6.07, 6.45) is -0.410. The van der Waals surface area contributed by atoms with Crippen molar-refractivity contribution in [1.29, 1.82) is 0 Å². The van der Waals surface area contributed by atoms with E-state index in [1.54, 1.807) is 12.1 Å². The molecule has 0 amide bonds. The number of rotatable bonds is 3. The zero-order chi connectivity index (χ0) is 45.4. The van der Waals surface area contributed by atoms with Crippen LogP contribution in [0.5, 0.6) is 74.7 Å². The van der Waals surface area contributed by atoms with Crippen LogP contribution in [0.1, 0.15) is 28.4 Å². The Morgan fingerprint density at radius 3 is 1.41 bits per heavy atom. The Balaban J connectivity index is 0.000000142. The van der Waals surface area contributed by atoms with Gasteiger partial charge in [0, 0.05) is 47.5 Å². The highest BCUT2D eigenvalue weighted by Crippen LogP contribution is 2.42. The fourth-order valence-electron chi connectivity index (χ4n) is 6.52. The van der Waals surface area contributed by atoms with Crippen molar-refractivity contribution >= 4 is 27.7 Å². The third-order valence-corrected chi connectivity index (χ3v) is 9.49. The van der Waals surface area contributed by atoms with Gasteiger partial charge in [-0.15, -0.1) is 0 Å². The van der Waals surface area contributed by atoms with E-state index in [4.69, 9.17) is 13.6 Å². The van der Waals surface area contributed by atoms with Crippen molar-refractivity contribution in [1.82, 2.24) is 0 Å². The maximum absolute atomic E-state index is 12.1. The Hall–Kier alpha value is -9.19. The summed E-state index contributed by atoms with van der Waals surface area (Å²) in [5.74, 6) is -4.62. The summed E-state index contributed by atoms with van der Waals surface area (Å²) < 4.78 is 16.4. The summed E-state index contributed by atoms with van der Waals surface area (Å²) in [6.45, 7) is 0. The molecule has 1 aliphatic heterocycles. The van der Waals surface area contributed by atoms with Crippen LogP contribution in [-0.4, -0.2) is 67.1 Å². The zero-order valence-corrected chi connectivity index (χ0v) is 31.9. The van der Waals surface area contributed by atoms with Crippen LogP contribution in [0, 0.1) is 0 Å².